The summed E-state index contributed by atoms with van der Waals surface area (Å²) in [6, 6.07) is 2.55. The normalized spacial score (nSPS) is 35.2. The van der Waals surface area contributed by atoms with E-state index in [2.05, 4.69) is 20.7 Å². The topological polar surface area (TPSA) is 104 Å². The van der Waals surface area contributed by atoms with Gasteiger partial charge in [-0.2, -0.15) is 0 Å². The highest BCUT2D eigenvalue weighted by Crippen LogP contribution is 2.66. The number of carbonyl (C=O) groups is 4. The summed E-state index contributed by atoms with van der Waals surface area (Å²) in [5, 5.41) is 10.9. The Bertz CT molecular complexity index is 1420. The molecule has 8 nitrogen and oxygen atoms in total. The fraction of sp³-hybridized carbons (Fsp3) is 0.571. The van der Waals surface area contributed by atoms with Crippen molar-refractivity contribution >= 4 is 62.8 Å². The highest BCUT2D eigenvalue weighted by atomic mass is 79.9. The molecule has 2 saturated heterocycles. The zero-order valence-electron chi connectivity index (χ0n) is 22.0. The Morgan fingerprint density at radius 2 is 1.71 bits per heavy atom. The third kappa shape index (κ3) is 4.14. The van der Waals surface area contributed by atoms with Crippen LogP contribution >= 0.6 is 39.1 Å². The third-order valence-electron chi connectivity index (χ3n) is 9.53. The van der Waals surface area contributed by atoms with Crippen LogP contribution in [0.3, 0.4) is 0 Å². The first kappa shape index (κ1) is 29.7. The molecule has 2 saturated carbocycles. The first-order valence-corrected chi connectivity index (χ1v) is 15.6. The van der Waals surface area contributed by atoms with Crippen LogP contribution in [0.25, 0.3) is 0 Å². The van der Waals surface area contributed by atoms with Crippen molar-refractivity contribution < 1.29 is 42.2 Å². The molecule has 5 aliphatic rings. The van der Waals surface area contributed by atoms with Crippen molar-refractivity contribution in [3.8, 4) is 11.5 Å². The second-order valence-corrected chi connectivity index (χ2v) is 13.3. The molecular weight excluding hydrogens is 668 g/mol. The molecule has 42 heavy (non-hydrogen) atoms. The number of hydrogen-bond donors (Lipinski definition) is 1. The number of ether oxygens (including phenoxy) is 1. The van der Waals surface area contributed by atoms with E-state index in [0.29, 0.717) is 18.4 Å². The van der Waals surface area contributed by atoms with Gasteiger partial charge in [0.15, 0.2) is 9.75 Å². The van der Waals surface area contributed by atoms with Crippen molar-refractivity contribution in [2.24, 2.45) is 17.8 Å². The van der Waals surface area contributed by atoms with E-state index in [-0.39, 0.29) is 41.7 Å². The number of alkyl halides is 6. The number of hydrogen-bond acceptors (Lipinski definition) is 6. The molecule has 0 spiro atoms. The van der Waals surface area contributed by atoms with Gasteiger partial charge < -0.3 is 9.84 Å². The zero-order valence-corrected chi connectivity index (χ0v) is 25.1. The molecule has 226 valence electrons. The van der Waals surface area contributed by atoms with Crippen LogP contribution in [0.4, 0.5) is 13.2 Å². The Labute approximate surface area is 257 Å². The summed E-state index contributed by atoms with van der Waals surface area (Å²) in [4.78, 5) is 52.9. The van der Waals surface area contributed by atoms with E-state index in [4.69, 9.17) is 23.2 Å². The quantitative estimate of drug-likeness (QED) is 0.198. The van der Waals surface area contributed by atoms with Gasteiger partial charge in [-0.15, -0.1) is 36.4 Å². The number of nitrogens with zero attached hydrogens (tertiary/aromatic N) is 2. The van der Waals surface area contributed by atoms with E-state index in [0.717, 1.165) is 42.4 Å². The van der Waals surface area contributed by atoms with E-state index < -0.39 is 63.1 Å². The monoisotopic (exact) mass is 692 g/mol. The average molecular weight is 694 g/mol. The maximum Gasteiger partial charge on any atom is 0.573 e. The van der Waals surface area contributed by atoms with Crippen molar-refractivity contribution in [2.75, 3.05) is 5.45 Å². The van der Waals surface area contributed by atoms with Crippen LogP contribution in [-0.4, -0.2) is 66.1 Å². The lowest BCUT2D eigenvalue weighted by atomic mass is 9.56. The number of allylic oxidation sites excluding steroid dienone is 2. The van der Waals surface area contributed by atoms with Crippen LogP contribution in [0.2, 0.25) is 0 Å². The van der Waals surface area contributed by atoms with Gasteiger partial charge in [0.2, 0.25) is 11.8 Å². The van der Waals surface area contributed by atoms with Crippen LogP contribution in [0.1, 0.15) is 56.4 Å². The second-order valence-electron chi connectivity index (χ2n) is 11.6. The van der Waals surface area contributed by atoms with Crippen molar-refractivity contribution in [1.82, 2.24) is 9.80 Å². The summed E-state index contributed by atoms with van der Waals surface area (Å²) >= 11 is 17.3. The first-order chi connectivity index (χ1) is 19.7. The number of halogens is 6. The number of phenols is 1. The molecule has 3 aliphatic carbocycles. The van der Waals surface area contributed by atoms with Gasteiger partial charge >= 0.3 is 6.36 Å². The minimum Gasteiger partial charge on any atom is -0.508 e. The molecular formula is C28H26BrCl2F3N2O6. The van der Waals surface area contributed by atoms with Gasteiger partial charge in [0.25, 0.3) is 11.8 Å². The molecule has 2 heterocycles. The number of carbonyl (C=O) groups excluding carboxylic acids is 4. The largest absolute Gasteiger partial charge is 0.573 e. The number of likely N-dealkylation sites (tertiary alicyclic amines) is 2. The Morgan fingerprint density at radius 3 is 2.36 bits per heavy atom. The number of benzene rings is 1. The van der Waals surface area contributed by atoms with Crippen LogP contribution in [-0.2, 0) is 19.2 Å². The summed E-state index contributed by atoms with van der Waals surface area (Å²) in [6.07, 6.45) is 0.658. The highest BCUT2D eigenvalue weighted by molar-refractivity contribution is 9.09. The molecule has 0 aromatic heterocycles. The molecule has 14 heteroatoms. The predicted molar refractivity (Wildman–Crippen MR) is 147 cm³/mol. The molecule has 2 aliphatic heterocycles. The zero-order chi connectivity index (χ0) is 30.4. The van der Waals surface area contributed by atoms with Gasteiger partial charge in [0, 0.05) is 17.5 Å². The maximum atomic E-state index is 14.0. The summed E-state index contributed by atoms with van der Waals surface area (Å²) < 4.78 is 43.5. The summed E-state index contributed by atoms with van der Waals surface area (Å²) in [7, 11) is 0. The van der Waals surface area contributed by atoms with Crippen LogP contribution < -0.4 is 4.74 Å². The second kappa shape index (κ2) is 10.1. The molecule has 4 fully saturated rings. The molecule has 1 aromatic carbocycles. The molecule has 4 amide bonds. The lowest BCUT2D eigenvalue weighted by molar-refractivity contribution is -0.274. The van der Waals surface area contributed by atoms with Crippen molar-refractivity contribution in [1.29, 1.82) is 0 Å². The number of imide groups is 2. The third-order valence-corrected chi connectivity index (χ3v) is 11.4. The van der Waals surface area contributed by atoms with E-state index >= 15 is 0 Å². The first-order valence-electron chi connectivity index (χ1n) is 13.7. The number of fused-ring (bicyclic) bond motifs is 4. The Hall–Kier alpha value is -2.31. The summed E-state index contributed by atoms with van der Waals surface area (Å²) in [5.74, 6) is -7.50. The number of rotatable bonds is 4. The van der Waals surface area contributed by atoms with Crippen molar-refractivity contribution in [2.45, 2.75) is 73.0 Å². The molecule has 6 rings (SSSR count). The van der Waals surface area contributed by atoms with E-state index in [1.54, 1.807) is 6.08 Å². The fourth-order valence-corrected chi connectivity index (χ4v) is 9.20. The van der Waals surface area contributed by atoms with Gasteiger partial charge in [-0.1, -0.05) is 46.8 Å². The number of aromatic hydroxyl groups is 1. The summed E-state index contributed by atoms with van der Waals surface area (Å²) in [6.45, 7) is 0. The number of amides is 4. The van der Waals surface area contributed by atoms with Gasteiger partial charge in [0.1, 0.15) is 11.5 Å². The van der Waals surface area contributed by atoms with Gasteiger partial charge in [0.05, 0.1) is 17.3 Å². The average Bonchev–Trinajstić information content (AvgIpc) is 3.27. The Kier molecular flexibility index (Phi) is 7.17. The van der Waals surface area contributed by atoms with Crippen molar-refractivity contribution in [3.05, 3.63) is 35.4 Å². The Morgan fingerprint density at radius 1 is 1.02 bits per heavy atom. The van der Waals surface area contributed by atoms with Crippen molar-refractivity contribution in [3.63, 3.8) is 0 Å². The molecule has 1 aromatic rings. The van der Waals surface area contributed by atoms with E-state index in [9.17, 15) is 37.5 Å². The van der Waals surface area contributed by atoms with Crippen LogP contribution in [0.15, 0.2) is 29.8 Å². The molecule has 0 bridgehead atoms. The fourth-order valence-electron chi connectivity index (χ4n) is 7.78. The van der Waals surface area contributed by atoms with Crippen LogP contribution in [0.5, 0.6) is 11.5 Å². The van der Waals surface area contributed by atoms with E-state index in [1.165, 1.54) is 4.90 Å². The van der Waals surface area contributed by atoms with Crippen LogP contribution in [0, 0.1) is 17.8 Å². The maximum absolute atomic E-state index is 14.0. The molecule has 6 unspecified atom stereocenters. The van der Waals surface area contributed by atoms with Gasteiger partial charge in [-0.3, -0.25) is 29.0 Å². The highest BCUT2D eigenvalue weighted by Gasteiger charge is 2.76. The minimum absolute atomic E-state index is 0.118. The van der Waals surface area contributed by atoms with Gasteiger partial charge in [-0.25, -0.2) is 0 Å². The standard InChI is InChI=1S/C28H26BrCl2F3N2O6/c29-12-35-24(40)26(30)11-18-15(7-8-16-20(18)23(39)36(22(16)38)13-4-2-1-3-5-13)21(27(26,31)25(35)41)17-10-14(6-9-19(17)37)42-28(32,33)34/h6-7,9-10,13,16,18,20-21,37H,1-5,8,11-12H2. The Balaban J connectivity index is 1.51. The van der Waals surface area contributed by atoms with Gasteiger partial charge in [-0.05, 0) is 49.8 Å². The lowest BCUT2D eigenvalue weighted by Crippen LogP contribution is -2.60. The predicted octanol–water partition coefficient (Wildman–Crippen LogP) is 5.33. The number of phenolic OH excluding ortho intramolecular Hbond substituents is 1. The molecule has 1 N–H and O–H groups in total. The minimum atomic E-state index is -5.05. The molecule has 6 atom stereocenters. The summed E-state index contributed by atoms with van der Waals surface area (Å²) in [5.41, 5.74) is -0.109. The SMILES string of the molecule is O=C1C2CC=C3C(CC4(Cl)C(=O)N(CBr)C(=O)C4(Cl)C3c3cc(OC(F)(F)F)ccc3O)C2C(=O)N1C1CCCCC1. The van der Waals surface area contributed by atoms with E-state index in [1.807, 2.05) is 0 Å². The molecule has 0 radical (unpaired) electrons. The lowest BCUT2D eigenvalue weighted by Gasteiger charge is -2.50. The smallest absolute Gasteiger partial charge is 0.508 e.